The molecule has 1 heterocycles. The maximum absolute atomic E-state index is 13.1. The van der Waals surface area contributed by atoms with Crippen molar-refractivity contribution in [3.63, 3.8) is 0 Å². The van der Waals surface area contributed by atoms with Crippen molar-refractivity contribution in [3.05, 3.63) is 69.9 Å². The van der Waals surface area contributed by atoms with E-state index in [-0.39, 0.29) is 40.7 Å². The number of nitro benzene ring substituents is 1. The summed E-state index contributed by atoms with van der Waals surface area (Å²) in [5, 5.41) is 14.1. The number of oxazole rings is 1. The first-order valence-corrected chi connectivity index (χ1v) is 9.43. The minimum Gasteiger partial charge on any atom is -0.435 e. The highest BCUT2D eigenvalue weighted by Crippen LogP contribution is 2.37. The van der Waals surface area contributed by atoms with E-state index < -0.39 is 22.6 Å². The SMILES string of the molecule is CN(C)CCNC(=O)c1nc(-c2cccc(C(F)(F)F)c2)oc1-c1ccccc1[N+](=O)[O-]. The number of amides is 1. The standard InChI is InChI=1S/C21H19F3N4O4/c1-27(2)11-10-25-19(29)17-18(15-8-3-4-9-16(15)28(30)31)32-20(26-17)13-6-5-7-14(12-13)21(22,23)24/h3-9,12H,10-11H2,1-2H3,(H,25,29). The number of likely N-dealkylation sites (N-methyl/N-ethyl adjacent to an activating group) is 1. The zero-order chi connectivity index (χ0) is 23.5. The van der Waals surface area contributed by atoms with Crippen molar-refractivity contribution in [1.29, 1.82) is 0 Å². The molecular weight excluding hydrogens is 429 g/mol. The molecule has 0 spiro atoms. The number of hydrogen-bond acceptors (Lipinski definition) is 6. The Morgan fingerprint density at radius 3 is 2.56 bits per heavy atom. The van der Waals surface area contributed by atoms with Crippen LogP contribution in [-0.4, -0.2) is 47.9 Å². The zero-order valence-electron chi connectivity index (χ0n) is 17.1. The van der Waals surface area contributed by atoms with Crippen molar-refractivity contribution in [1.82, 2.24) is 15.2 Å². The van der Waals surface area contributed by atoms with Gasteiger partial charge in [0.25, 0.3) is 11.6 Å². The van der Waals surface area contributed by atoms with Gasteiger partial charge in [-0.2, -0.15) is 13.2 Å². The number of aromatic nitrogens is 1. The van der Waals surface area contributed by atoms with Crippen LogP contribution in [0.1, 0.15) is 16.1 Å². The van der Waals surface area contributed by atoms with Gasteiger partial charge < -0.3 is 14.6 Å². The summed E-state index contributed by atoms with van der Waals surface area (Å²) in [6.07, 6.45) is -4.59. The average molecular weight is 448 g/mol. The van der Waals surface area contributed by atoms with Gasteiger partial charge >= 0.3 is 6.18 Å². The number of para-hydroxylation sites is 1. The van der Waals surface area contributed by atoms with Crippen LogP contribution in [0.5, 0.6) is 0 Å². The molecule has 0 bridgehead atoms. The molecule has 3 aromatic rings. The van der Waals surface area contributed by atoms with Crippen LogP contribution in [0.15, 0.2) is 52.9 Å². The Labute approximate surface area is 180 Å². The van der Waals surface area contributed by atoms with E-state index in [2.05, 4.69) is 10.3 Å². The Hall–Kier alpha value is -3.73. The number of alkyl halides is 3. The van der Waals surface area contributed by atoms with Gasteiger partial charge in [0.05, 0.1) is 16.1 Å². The molecule has 0 aliphatic carbocycles. The first-order valence-electron chi connectivity index (χ1n) is 9.43. The van der Waals surface area contributed by atoms with Crippen molar-refractivity contribution in [3.8, 4) is 22.8 Å². The number of hydrogen-bond donors (Lipinski definition) is 1. The topological polar surface area (TPSA) is 102 Å². The summed E-state index contributed by atoms with van der Waals surface area (Å²) in [6.45, 7) is 0.777. The second-order valence-electron chi connectivity index (χ2n) is 7.11. The maximum Gasteiger partial charge on any atom is 0.416 e. The van der Waals surface area contributed by atoms with E-state index in [0.29, 0.717) is 6.54 Å². The molecule has 0 saturated carbocycles. The fraction of sp³-hybridized carbons (Fsp3) is 0.238. The lowest BCUT2D eigenvalue weighted by molar-refractivity contribution is -0.384. The van der Waals surface area contributed by atoms with Crippen molar-refractivity contribution < 1.29 is 27.3 Å². The van der Waals surface area contributed by atoms with E-state index >= 15 is 0 Å². The van der Waals surface area contributed by atoms with Crippen LogP contribution in [0.3, 0.4) is 0 Å². The Morgan fingerprint density at radius 2 is 1.91 bits per heavy atom. The molecule has 168 valence electrons. The molecule has 11 heteroatoms. The number of nitrogens with zero attached hydrogens (tertiary/aromatic N) is 3. The van der Waals surface area contributed by atoms with Crippen molar-refractivity contribution in [2.75, 3.05) is 27.2 Å². The van der Waals surface area contributed by atoms with Gasteiger partial charge in [0.15, 0.2) is 11.5 Å². The molecule has 2 aromatic carbocycles. The molecule has 32 heavy (non-hydrogen) atoms. The van der Waals surface area contributed by atoms with Gasteiger partial charge in [-0.25, -0.2) is 4.98 Å². The smallest absolute Gasteiger partial charge is 0.416 e. The molecule has 0 unspecified atom stereocenters. The second-order valence-corrected chi connectivity index (χ2v) is 7.11. The first kappa shape index (κ1) is 22.9. The monoisotopic (exact) mass is 448 g/mol. The summed E-state index contributed by atoms with van der Waals surface area (Å²) in [4.78, 5) is 29.5. The summed E-state index contributed by atoms with van der Waals surface area (Å²) in [7, 11) is 3.62. The van der Waals surface area contributed by atoms with Crippen LogP contribution in [0.2, 0.25) is 0 Å². The Kier molecular flexibility index (Phi) is 6.58. The van der Waals surface area contributed by atoms with Gasteiger partial charge in [-0.05, 0) is 38.4 Å². The summed E-state index contributed by atoms with van der Waals surface area (Å²) in [5.74, 6) is -1.13. The van der Waals surface area contributed by atoms with Gasteiger partial charge in [0, 0.05) is 24.7 Å². The molecule has 0 aliphatic heterocycles. The quantitative estimate of drug-likeness (QED) is 0.429. The number of carbonyl (C=O) groups excluding carboxylic acids is 1. The summed E-state index contributed by atoms with van der Waals surface area (Å²) >= 11 is 0. The molecule has 0 atom stereocenters. The number of nitrogens with one attached hydrogen (secondary N) is 1. The molecule has 0 fully saturated rings. The normalized spacial score (nSPS) is 11.6. The highest BCUT2D eigenvalue weighted by atomic mass is 19.4. The summed E-state index contributed by atoms with van der Waals surface area (Å²) in [6, 6.07) is 9.83. The van der Waals surface area contributed by atoms with E-state index in [4.69, 9.17) is 4.42 Å². The van der Waals surface area contributed by atoms with Crippen LogP contribution >= 0.6 is 0 Å². The van der Waals surface area contributed by atoms with Crippen molar-refractivity contribution in [2.24, 2.45) is 0 Å². The Bertz CT molecular complexity index is 1140. The molecule has 1 amide bonds. The van der Waals surface area contributed by atoms with Gasteiger partial charge in [0.2, 0.25) is 5.89 Å². The van der Waals surface area contributed by atoms with Crippen LogP contribution in [-0.2, 0) is 6.18 Å². The average Bonchev–Trinajstić information content (AvgIpc) is 3.18. The highest BCUT2D eigenvalue weighted by Gasteiger charge is 2.32. The highest BCUT2D eigenvalue weighted by molar-refractivity contribution is 5.99. The van der Waals surface area contributed by atoms with Crippen LogP contribution in [0, 0.1) is 10.1 Å². The summed E-state index contributed by atoms with van der Waals surface area (Å²) < 4.78 is 45.0. The lowest BCUT2D eigenvalue weighted by atomic mass is 10.1. The minimum atomic E-state index is -4.59. The Morgan fingerprint density at radius 1 is 1.19 bits per heavy atom. The van der Waals surface area contributed by atoms with Gasteiger partial charge in [-0.15, -0.1) is 0 Å². The van der Waals surface area contributed by atoms with Crippen LogP contribution < -0.4 is 5.32 Å². The molecular formula is C21H19F3N4O4. The molecule has 0 radical (unpaired) electrons. The third kappa shape index (κ3) is 5.11. The van der Waals surface area contributed by atoms with E-state index in [1.54, 1.807) is 0 Å². The number of benzene rings is 2. The number of rotatable bonds is 7. The third-order valence-electron chi connectivity index (χ3n) is 4.47. The largest absolute Gasteiger partial charge is 0.435 e. The first-order chi connectivity index (χ1) is 15.1. The van der Waals surface area contributed by atoms with Gasteiger partial charge in [0.1, 0.15) is 0 Å². The zero-order valence-corrected chi connectivity index (χ0v) is 17.1. The molecule has 1 aromatic heterocycles. The lowest BCUT2D eigenvalue weighted by Gasteiger charge is -2.09. The molecule has 1 N–H and O–H groups in total. The number of halogens is 3. The predicted molar refractivity (Wildman–Crippen MR) is 110 cm³/mol. The molecule has 8 nitrogen and oxygen atoms in total. The van der Waals surface area contributed by atoms with E-state index in [1.165, 1.54) is 36.4 Å². The predicted octanol–water partition coefficient (Wildman–Crippen LogP) is 4.23. The molecule has 0 saturated heterocycles. The van der Waals surface area contributed by atoms with E-state index in [0.717, 1.165) is 12.1 Å². The van der Waals surface area contributed by atoms with Crippen LogP contribution in [0.4, 0.5) is 18.9 Å². The maximum atomic E-state index is 13.1. The lowest BCUT2D eigenvalue weighted by Crippen LogP contribution is -2.31. The number of nitro groups is 1. The van der Waals surface area contributed by atoms with E-state index in [1.807, 2.05) is 19.0 Å². The van der Waals surface area contributed by atoms with Gasteiger partial charge in [-0.1, -0.05) is 18.2 Å². The fourth-order valence-electron chi connectivity index (χ4n) is 2.91. The fourth-order valence-corrected chi connectivity index (χ4v) is 2.91. The third-order valence-corrected chi connectivity index (χ3v) is 4.47. The Balaban J connectivity index is 2.11. The molecule has 3 rings (SSSR count). The van der Waals surface area contributed by atoms with Crippen LogP contribution in [0.25, 0.3) is 22.8 Å². The van der Waals surface area contributed by atoms with Gasteiger partial charge in [-0.3, -0.25) is 14.9 Å². The van der Waals surface area contributed by atoms with E-state index in [9.17, 15) is 28.1 Å². The van der Waals surface area contributed by atoms with Crippen molar-refractivity contribution >= 4 is 11.6 Å². The summed E-state index contributed by atoms with van der Waals surface area (Å²) in [5.41, 5.74) is -1.54. The minimum absolute atomic E-state index is 0.0130. The van der Waals surface area contributed by atoms with Crippen molar-refractivity contribution in [2.45, 2.75) is 6.18 Å². The molecule has 0 aliphatic rings. The second kappa shape index (κ2) is 9.18. The number of carbonyl (C=O) groups is 1.